The van der Waals surface area contributed by atoms with Crippen LogP contribution in [0.5, 0.6) is 0 Å². The molecule has 2 aliphatic heterocycles. The molecule has 0 unspecified atom stereocenters. The van der Waals surface area contributed by atoms with E-state index in [9.17, 15) is 35.9 Å². The molecule has 2 aliphatic rings. The lowest BCUT2D eigenvalue weighted by atomic mass is 10.0. The summed E-state index contributed by atoms with van der Waals surface area (Å²) in [6.45, 7) is 10.1. The molecule has 4 atom stereocenters. The lowest BCUT2D eigenvalue weighted by molar-refractivity contribution is -0.139. The van der Waals surface area contributed by atoms with Crippen molar-refractivity contribution in [3.8, 4) is 0 Å². The number of cyclic esters (lactones) is 2. The van der Waals surface area contributed by atoms with Gasteiger partial charge >= 0.3 is 24.5 Å². The zero-order chi connectivity index (χ0) is 33.0. The lowest BCUT2D eigenvalue weighted by Gasteiger charge is -2.24. The highest BCUT2D eigenvalue weighted by Crippen LogP contribution is 2.29. The molecule has 4 rings (SSSR count). The average molecular weight is 637 g/mol. The summed E-state index contributed by atoms with van der Waals surface area (Å²) in [6.07, 6.45) is -7.34. The van der Waals surface area contributed by atoms with Crippen LogP contribution < -0.4 is 20.4 Å². The lowest BCUT2D eigenvalue weighted by Crippen LogP contribution is -2.38. The molecule has 4 heterocycles. The van der Waals surface area contributed by atoms with Gasteiger partial charge in [0, 0.05) is 12.4 Å². The third kappa shape index (κ3) is 8.49. The van der Waals surface area contributed by atoms with Crippen LogP contribution >= 0.6 is 0 Å². The predicted octanol–water partition coefficient (Wildman–Crippen LogP) is 5.64. The third-order valence-corrected chi connectivity index (χ3v) is 6.80. The van der Waals surface area contributed by atoms with Crippen LogP contribution in [0.25, 0.3) is 0 Å². The molecule has 2 N–H and O–H groups in total. The summed E-state index contributed by atoms with van der Waals surface area (Å²) < 4.78 is 85.4. The number of nitrogens with one attached hydrogen (secondary N) is 2. The predicted molar refractivity (Wildman–Crippen MR) is 147 cm³/mol. The maximum Gasteiger partial charge on any atom is 0.415 e. The Bertz CT molecular complexity index is 1200. The van der Waals surface area contributed by atoms with Crippen LogP contribution in [0, 0.1) is 11.8 Å². The SMILES string of the molecule is CC(C)[C@H]1COC(=O)N1c1ccnc(N[C@@H](C)C(F)(F)F)n1.CC(C)[C@H]1COC(=O)N1c1ccnc(N[C@H](C)C(F)(F)F)n1. The largest absolute Gasteiger partial charge is 0.447 e. The van der Waals surface area contributed by atoms with Crippen LogP contribution in [0.1, 0.15) is 41.5 Å². The zero-order valence-corrected chi connectivity index (χ0v) is 24.8. The van der Waals surface area contributed by atoms with Crippen LogP contribution in [0.2, 0.25) is 0 Å². The highest BCUT2D eigenvalue weighted by molar-refractivity contribution is 5.89. The summed E-state index contributed by atoms with van der Waals surface area (Å²) in [4.78, 5) is 41.8. The van der Waals surface area contributed by atoms with Gasteiger partial charge in [0.15, 0.2) is 0 Å². The molecule has 0 aromatic carbocycles. The fourth-order valence-corrected chi connectivity index (χ4v) is 4.04. The highest BCUT2D eigenvalue weighted by Gasteiger charge is 2.40. The number of carbonyl (C=O) groups is 2. The number of rotatable bonds is 8. The van der Waals surface area contributed by atoms with Gasteiger partial charge in [-0.1, -0.05) is 27.7 Å². The van der Waals surface area contributed by atoms with Crippen LogP contribution in [0.4, 0.5) is 59.5 Å². The van der Waals surface area contributed by atoms with Gasteiger partial charge < -0.3 is 20.1 Å². The van der Waals surface area contributed by atoms with Crippen molar-refractivity contribution in [1.29, 1.82) is 0 Å². The molecule has 2 aromatic heterocycles. The molecular formula is C26H34F6N8O4. The van der Waals surface area contributed by atoms with Crippen molar-refractivity contribution < 1.29 is 45.4 Å². The van der Waals surface area contributed by atoms with Gasteiger partial charge in [0.25, 0.3) is 0 Å². The number of ether oxygens (including phenoxy) is 2. The molecule has 0 bridgehead atoms. The number of alkyl halides is 6. The molecule has 18 heteroatoms. The minimum absolute atomic E-state index is 0.118. The van der Waals surface area contributed by atoms with Gasteiger partial charge in [-0.15, -0.1) is 0 Å². The van der Waals surface area contributed by atoms with E-state index >= 15 is 0 Å². The number of anilines is 4. The van der Waals surface area contributed by atoms with Crippen molar-refractivity contribution in [2.24, 2.45) is 11.8 Å². The van der Waals surface area contributed by atoms with E-state index in [4.69, 9.17) is 9.47 Å². The maximum absolute atomic E-state index is 12.6. The molecular weight excluding hydrogens is 602 g/mol. The Kier molecular flexibility index (Phi) is 10.7. The van der Waals surface area contributed by atoms with E-state index in [1.165, 1.54) is 34.3 Å². The molecule has 244 valence electrons. The smallest absolute Gasteiger partial charge is 0.415 e. The monoisotopic (exact) mass is 636 g/mol. The van der Waals surface area contributed by atoms with E-state index < -0.39 is 36.6 Å². The summed E-state index contributed by atoms with van der Waals surface area (Å²) in [7, 11) is 0. The molecule has 2 fully saturated rings. The number of halogens is 6. The number of hydrogen-bond acceptors (Lipinski definition) is 10. The Morgan fingerprint density at radius 3 is 1.34 bits per heavy atom. The molecule has 0 radical (unpaired) electrons. The van der Waals surface area contributed by atoms with Crippen LogP contribution in [0.15, 0.2) is 24.5 Å². The van der Waals surface area contributed by atoms with E-state index in [-0.39, 0.29) is 60.7 Å². The van der Waals surface area contributed by atoms with E-state index in [2.05, 4.69) is 30.6 Å². The standard InChI is InChI=1S/2C13H17F3N4O2/c2*1-7(2)9-6-22-12(21)20(9)10-4-5-17-11(19-10)18-8(3)13(14,15)16/h2*4-5,7-9H,6H2,1-3H3,(H,17,18,19)/t8-,9+;8-,9-/m01/s1. The summed E-state index contributed by atoms with van der Waals surface area (Å²) in [5.41, 5.74) is 0. The molecule has 0 spiro atoms. The zero-order valence-electron chi connectivity index (χ0n) is 24.8. The minimum atomic E-state index is -4.41. The first kappa shape index (κ1) is 34.4. The van der Waals surface area contributed by atoms with Crippen LogP contribution in [-0.4, -0.2) is 81.9 Å². The van der Waals surface area contributed by atoms with Crippen molar-refractivity contribution in [1.82, 2.24) is 19.9 Å². The first-order valence-corrected chi connectivity index (χ1v) is 13.6. The van der Waals surface area contributed by atoms with Crippen molar-refractivity contribution in [2.45, 2.75) is 78.1 Å². The van der Waals surface area contributed by atoms with Crippen molar-refractivity contribution in [3.63, 3.8) is 0 Å². The topological polar surface area (TPSA) is 135 Å². The summed E-state index contributed by atoms with van der Waals surface area (Å²) in [6, 6.07) is -1.09. The van der Waals surface area contributed by atoms with E-state index in [0.717, 1.165) is 13.8 Å². The van der Waals surface area contributed by atoms with Crippen LogP contribution in [-0.2, 0) is 9.47 Å². The number of hydrogen-bond donors (Lipinski definition) is 2. The Labute approximate surface area is 249 Å². The summed E-state index contributed by atoms with van der Waals surface area (Å²) in [5, 5.41) is 4.36. The maximum atomic E-state index is 12.6. The van der Waals surface area contributed by atoms with Gasteiger partial charge in [-0.05, 0) is 37.8 Å². The fourth-order valence-electron chi connectivity index (χ4n) is 4.04. The summed E-state index contributed by atoms with van der Waals surface area (Å²) in [5.74, 6) is 0.286. The second kappa shape index (κ2) is 13.7. The van der Waals surface area contributed by atoms with E-state index in [0.29, 0.717) is 0 Å². The highest BCUT2D eigenvalue weighted by atomic mass is 19.4. The van der Waals surface area contributed by atoms with Crippen molar-refractivity contribution in [3.05, 3.63) is 24.5 Å². The van der Waals surface area contributed by atoms with E-state index in [1.807, 2.05) is 27.7 Å². The van der Waals surface area contributed by atoms with Gasteiger partial charge in [-0.3, -0.25) is 9.80 Å². The normalized spacial score (nSPS) is 20.2. The number of carbonyl (C=O) groups excluding carboxylic acids is 2. The first-order chi connectivity index (χ1) is 20.4. The fraction of sp³-hybridized carbons (Fsp3) is 0.615. The second-order valence-corrected chi connectivity index (χ2v) is 10.8. The molecule has 0 saturated carbocycles. The molecule has 12 nitrogen and oxygen atoms in total. The van der Waals surface area contributed by atoms with Gasteiger partial charge in [0.05, 0.1) is 12.1 Å². The second-order valence-electron chi connectivity index (χ2n) is 10.8. The molecule has 2 amide bonds. The molecule has 2 aromatic rings. The Morgan fingerprint density at radius 1 is 0.705 bits per heavy atom. The number of nitrogens with zero attached hydrogens (tertiary/aromatic N) is 6. The Morgan fingerprint density at radius 2 is 1.05 bits per heavy atom. The molecule has 44 heavy (non-hydrogen) atoms. The van der Waals surface area contributed by atoms with Gasteiger partial charge in [0.2, 0.25) is 11.9 Å². The van der Waals surface area contributed by atoms with Gasteiger partial charge in [-0.2, -0.15) is 36.3 Å². The van der Waals surface area contributed by atoms with Crippen molar-refractivity contribution in [2.75, 3.05) is 33.6 Å². The number of amides is 2. The quantitative estimate of drug-likeness (QED) is 0.351. The minimum Gasteiger partial charge on any atom is -0.447 e. The van der Waals surface area contributed by atoms with Gasteiger partial charge in [0.1, 0.15) is 36.9 Å². The summed E-state index contributed by atoms with van der Waals surface area (Å²) >= 11 is 0. The average Bonchev–Trinajstić information content (AvgIpc) is 3.51. The van der Waals surface area contributed by atoms with E-state index in [1.54, 1.807) is 0 Å². The Hall–Kier alpha value is -4.12. The molecule has 2 saturated heterocycles. The third-order valence-electron chi connectivity index (χ3n) is 6.80. The van der Waals surface area contributed by atoms with Crippen molar-refractivity contribution >= 4 is 35.7 Å². The Balaban J connectivity index is 0.000000240. The first-order valence-electron chi connectivity index (χ1n) is 13.6. The van der Waals surface area contributed by atoms with Crippen LogP contribution in [0.3, 0.4) is 0 Å². The molecule has 0 aliphatic carbocycles. The number of aromatic nitrogens is 4. The van der Waals surface area contributed by atoms with Gasteiger partial charge in [-0.25, -0.2) is 19.6 Å².